The van der Waals surface area contributed by atoms with Crippen LogP contribution < -0.4 is 20.1 Å². The standard InChI is InChI=1S/C25H23N5O3/c1-32-20-12-8-17(9-13-20)16-26-23-22(25(31)28-18-6-4-3-5-7-18)24(30-29-23)27-19-10-14-21(33-2)15-11-19/h3-16H,1-2H3,(H,28,31)(H2,27,29,30). The van der Waals surface area contributed by atoms with E-state index >= 15 is 0 Å². The fraction of sp³-hybridized carbons (Fsp3) is 0.0800. The van der Waals surface area contributed by atoms with Crippen LogP contribution in [-0.2, 0) is 0 Å². The number of hydrogen-bond donors (Lipinski definition) is 3. The molecule has 8 nitrogen and oxygen atoms in total. The second-order valence-electron chi connectivity index (χ2n) is 7.00. The highest BCUT2D eigenvalue weighted by molar-refractivity contribution is 6.11. The quantitative estimate of drug-likeness (QED) is 0.327. The van der Waals surface area contributed by atoms with Gasteiger partial charge in [0.25, 0.3) is 5.91 Å². The van der Waals surface area contributed by atoms with E-state index in [0.717, 1.165) is 22.7 Å². The Kier molecular flexibility index (Phi) is 6.65. The van der Waals surface area contributed by atoms with Crippen LogP contribution in [0.5, 0.6) is 11.5 Å². The lowest BCUT2D eigenvalue weighted by Gasteiger charge is -2.09. The summed E-state index contributed by atoms with van der Waals surface area (Å²) < 4.78 is 10.4. The van der Waals surface area contributed by atoms with Crippen LogP contribution in [0.3, 0.4) is 0 Å². The van der Waals surface area contributed by atoms with Crippen LogP contribution in [0, 0.1) is 0 Å². The van der Waals surface area contributed by atoms with Gasteiger partial charge in [-0.3, -0.25) is 9.89 Å². The van der Waals surface area contributed by atoms with Crippen molar-refractivity contribution >= 4 is 35.1 Å². The lowest BCUT2D eigenvalue weighted by atomic mass is 10.2. The number of aromatic amines is 1. The predicted molar refractivity (Wildman–Crippen MR) is 130 cm³/mol. The van der Waals surface area contributed by atoms with Gasteiger partial charge in [-0.1, -0.05) is 18.2 Å². The number of aromatic nitrogens is 2. The van der Waals surface area contributed by atoms with Crippen LogP contribution in [0.2, 0.25) is 0 Å². The van der Waals surface area contributed by atoms with Gasteiger partial charge in [0.05, 0.1) is 14.2 Å². The molecule has 0 saturated carbocycles. The van der Waals surface area contributed by atoms with Gasteiger partial charge in [-0.25, -0.2) is 4.99 Å². The van der Waals surface area contributed by atoms with E-state index in [2.05, 4.69) is 25.8 Å². The molecule has 0 fully saturated rings. The number of nitrogens with one attached hydrogen (secondary N) is 3. The van der Waals surface area contributed by atoms with Gasteiger partial charge >= 0.3 is 0 Å². The maximum Gasteiger partial charge on any atom is 0.263 e. The molecule has 0 aliphatic heterocycles. The summed E-state index contributed by atoms with van der Waals surface area (Å²) in [6, 6.07) is 24.0. The average Bonchev–Trinajstić information content (AvgIpc) is 3.26. The summed E-state index contributed by atoms with van der Waals surface area (Å²) in [6.45, 7) is 0. The number of H-pyrrole nitrogens is 1. The Morgan fingerprint density at radius 1 is 0.879 bits per heavy atom. The Hall–Kier alpha value is -4.59. The van der Waals surface area contributed by atoms with Gasteiger partial charge in [-0.2, -0.15) is 5.10 Å². The molecule has 3 aromatic carbocycles. The van der Waals surface area contributed by atoms with Crippen molar-refractivity contribution in [3.8, 4) is 11.5 Å². The molecule has 33 heavy (non-hydrogen) atoms. The molecule has 8 heteroatoms. The van der Waals surface area contributed by atoms with Gasteiger partial charge in [0.2, 0.25) is 0 Å². The van der Waals surface area contributed by atoms with Gasteiger partial charge in [0.1, 0.15) is 22.9 Å². The fourth-order valence-electron chi connectivity index (χ4n) is 3.09. The highest BCUT2D eigenvalue weighted by Crippen LogP contribution is 2.28. The summed E-state index contributed by atoms with van der Waals surface area (Å²) in [4.78, 5) is 17.6. The van der Waals surface area contributed by atoms with Crippen LogP contribution in [0.4, 0.5) is 23.0 Å². The number of anilines is 3. The van der Waals surface area contributed by atoms with Crippen molar-refractivity contribution < 1.29 is 14.3 Å². The summed E-state index contributed by atoms with van der Waals surface area (Å²) >= 11 is 0. The maximum absolute atomic E-state index is 13.2. The van der Waals surface area contributed by atoms with Crippen molar-refractivity contribution in [2.24, 2.45) is 4.99 Å². The molecule has 0 spiro atoms. The van der Waals surface area contributed by atoms with Crippen LogP contribution in [0.25, 0.3) is 0 Å². The molecule has 4 aromatic rings. The first-order valence-electron chi connectivity index (χ1n) is 10.2. The largest absolute Gasteiger partial charge is 0.497 e. The number of para-hydroxylation sites is 1. The SMILES string of the molecule is COc1ccc(C=Nc2n[nH]c(Nc3ccc(OC)cc3)c2C(=O)Nc2ccccc2)cc1. The van der Waals surface area contributed by atoms with E-state index in [-0.39, 0.29) is 11.7 Å². The van der Waals surface area contributed by atoms with E-state index in [1.807, 2.05) is 78.9 Å². The van der Waals surface area contributed by atoms with E-state index in [9.17, 15) is 4.79 Å². The van der Waals surface area contributed by atoms with Crippen LogP contribution in [0.15, 0.2) is 83.9 Å². The van der Waals surface area contributed by atoms with Gasteiger partial charge < -0.3 is 20.1 Å². The van der Waals surface area contributed by atoms with Gasteiger partial charge in [-0.15, -0.1) is 0 Å². The van der Waals surface area contributed by atoms with Gasteiger partial charge in [0.15, 0.2) is 5.82 Å². The third-order valence-corrected chi connectivity index (χ3v) is 4.82. The zero-order valence-corrected chi connectivity index (χ0v) is 18.2. The van der Waals surface area contributed by atoms with E-state index < -0.39 is 0 Å². The molecule has 0 radical (unpaired) electrons. The number of ether oxygens (including phenoxy) is 2. The summed E-state index contributed by atoms with van der Waals surface area (Å²) in [5.74, 6) is 1.83. The summed E-state index contributed by atoms with van der Waals surface area (Å²) in [7, 11) is 3.22. The lowest BCUT2D eigenvalue weighted by Crippen LogP contribution is -2.13. The predicted octanol–water partition coefficient (Wildman–Crippen LogP) is 5.17. The van der Waals surface area contributed by atoms with Crippen LogP contribution >= 0.6 is 0 Å². The van der Waals surface area contributed by atoms with E-state index in [4.69, 9.17) is 9.47 Å². The van der Waals surface area contributed by atoms with Crippen molar-refractivity contribution in [1.82, 2.24) is 10.2 Å². The molecule has 0 atom stereocenters. The summed E-state index contributed by atoms with van der Waals surface area (Å²) in [6.07, 6.45) is 1.64. The molecular weight excluding hydrogens is 418 g/mol. The number of rotatable bonds is 8. The topological polar surface area (TPSA) is 101 Å². The molecule has 166 valence electrons. The Morgan fingerprint density at radius 3 is 2.15 bits per heavy atom. The third kappa shape index (κ3) is 5.37. The van der Waals surface area contributed by atoms with Gasteiger partial charge in [0, 0.05) is 17.6 Å². The number of aliphatic imine (C=N–C) groups is 1. The number of nitrogens with zero attached hydrogens (tertiary/aromatic N) is 2. The Morgan fingerprint density at radius 2 is 1.52 bits per heavy atom. The van der Waals surface area contributed by atoms with Crippen molar-refractivity contribution in [1.29, 1.82) is 0 Å². The molecule has 1 amide bonds. The van der Waals surface area contributed by atoms with Crippen molar-refractivity contribution in [3.05, 3.63) is 90.0 Å². The second-order valence-corrected chi connectivity index (χ2v) is 7.00. The first kappa shape index (κ1) is 21.6. The molecule has 4 rings (SSSR count). The van der Waals surface area contributed by atoms with Gasteiger partial charge in [-0.05, 0) is 66.2 Å². The molecule has 1 aromatic heterocycles. The Bertz CT molecular complexity index is 1230. The normalized spacial score (nSPS) is 10.7. The monoisotopic (exact) mass is 441 g/mol. The third-order valence-electron chi connectivity index (χ3n) is 4.82. The molecule has 0 aliphatic carbocycles. The number of amides is 1. The molecule has 0 saturated heterocycles. The zero-order chi connectivity index (χ0) is 23.0. The molecule has 0 bridgehead atoms. The van der Waals surface area contributed by atoms with Crippen LogP contribution in [-0.4, -0.2) is 36.5 Å². The van der Waals surface area contributed by atoms with Crippen LogP contribution in [0.1, 0.15) is 15.9 Å². The number of carbonyl (C=O) groups is 1. The van der Waals surface area contributed by atoms with Crippen molar-refractivity contribution in [2.75, 3.05) is 24.9 Å². The molecule has 1 heterocycles. The van der Waals surface area contributed by atoms with Crippen molar-refractivity contribution in [2.45, 2.75) is 0 Å². The van der Waals surface area contributed by atoms with E-state index in [1.165, 1.54) is 0 Å². The minimum absolute atomic E-state index is 0.260. The van der Waals surface area contributed by atoms with Crippen molar-refractivity contribution in [3.63, 3.8) is 0 Å². The number of methoxy groups -OCH3 is 2. The summed E-state index contributed by atoms with van der Waals surface area (Å²) in [5.41, 5.74) is 2.57. The Balaban J connectivity index is 1.64. The van der Waals surface area contributed by atoms with E-state index in [1.54, 1.807) is 20.4 Å². The molecule has 0 aliphatic rings. The molecule has 0 unspecified atom stereocenters. The highest BCUT2D eigenvalue weighted by Gasteiger charge is 2.21. The van der Waals surface area contributed by atoms with E-state index in [0.29, 0.717) is 17.1 Å². The second kappa shape index (κ2) is 10.1. The maximum atomic E-state index is 13.2. The minimum atomic E-state index is -0.340. The average molecular weight is 441 g/mol. The minimum Gasteiger partial charge on any atom is -0.497 e. The first-order valence-corrected chi connectivity index (χ1v) is 10.2. The number of benzene rings is 3. The number of hydrogen-bond acceptors (Lipinski definition) is 6. The zero-order valence-electron chi connectivity index (χ0n) is 18.2. The highest BCUT2D eigenvalue weighted by atomic mass is 16.5. The first-order chi connectivity index (χ1) is 16.2. The summed E-state index contributed by atoms with van der Waals surface area (Å²) in [5, 5.41) is 13.2. The molecule has 3 N–H and O–H groups in total. The smallest absolute Gasteiger partial charge is 0.263 e. The fourth-order valence-corrected chi connectivity index (χ4v) is 3.09. The number of carbonyl (C=O) groups excluding carboxylic acids is 1. The Labute approximate surface area is 191 Å². The molecular formula is C25H23N5O3. The lowest BCUT2D eigenvalue weighted by molar-refractivity contribution is 0.102.